The topological polar surface area (TPSA) is 80.7 Å². The molecule has 0 saturated carbocycles. The van der Waals surface area contributed by atoms with E-state index in [1.807, 2.05) is 12.1 Å². The highest BCUT2D eigenvalue weighted by atomic mass is 16.5. The number of methoxy groups -OCH3 is 1. The molecule has 8 heteroatoms. The Morgan fingerprint density at radius 1 is 1.27 bits per heavy atom. The Morgan fingerprint density at radius 3 is 2.77 bits per heavy atom. The van der Waals surface area contributed by atoms with E-state index in [9.17, 15) is 4.79 Å². The minimum atomic E-state index is -0.172. The molecule has 26 heavy (non-hydrogen) atoms. The minimum Gasteiger partial charge on any atom is -0.494 e. The summed E-state index contributed by atoms with van der Waals surface area (Å²) in [5.41, 5.74) is 1.21. The van der Waals surface area contributed by atoms with Crippen molar-refractivity contribution >= 4 is 5.91 Å². The predicted molar refractivity (Wildman–Crippen MR) is 92.7 cm³/mol. The van der Waals surface area contributed by atoms with Crippen molar-refractivity contribution in [2.75, 3.05) is 33.4 Å². The second-order valence-electron chi connectivity index (χ2n) is 6.46. The van der Waals surface area contributed by atoms with Crippen molar-refractivity contribution in [1.29, 1.82) is 0 Å². The van der Waals surface area contributed by atoms with Crippen LogP contribution in [-0.2, 0) is 11.3 Å². The van der Waals surface area contributed by atoms with E-state index in [-0.39, 0.29) is 23.9 Å². The number of hydrogen-bond donors (Lipinski definition) is 0. The lowest BCUT2D eigenvalue weighted by molar-refractivity contribution is -0.0503. The van der Waals surface area contributed by atoms with Crippen LogP contribution in [0.1, 0.15) is 16.2 Å². The average molecular weight is 355 g/mol. The maximum Gasteiger partial charge on any atom is 0.291 e. The molecule has 2 fully saturated rings. The summed E-state index contributed by atoms with van der Waals surface area (Å²) in [6.45, 7) is 3.53. The summed E-state index contributed by atoms with van der Waals surface area (Å²) in [4.78, 5) is 29.2. The molecule has 0 bridgehead atoms. The number of nitrogens with zero attached hydrogens (tertiary/aromatic N) is 5. The monoisotopic (exact) mass is 355 g/mol. The van der Waals surface area contributed by atoms with Gasteiger partial charge in [0.1, 0.15) is 0 Å². The maximum absolute atomic E-state index is 12.7. The summed E-state index contributed by atoms with van der Waals surface area (Å²) in [6.07, 6.45) is 6.65. The van der Waals surface area contributed by atoms with Crippen molar-refractivity contribution in [3.05, 3.63) is 48.3 Å². The number of hydrogen-bond acceptors (Lipinski definition) is 7. The molecule has 0 aliphatic carbocycles. The van der Waals surface area contributed by atoms with Crippen LogP contribution in [0.15, 0.2) is 36.9 Å². The lowest BCUT2D eigenvalue weighted by Gasteiger charge is -2.36. The molecule has 2 aromatic rings. The first-order valence-corrected chi connectivity index (χ1v) is 8.64. The van der Waals surface area contributed by atoms with Crippen molar-refractivity contribution in [2.24, 2.45) is 0 Å². The van der Waals surface area contributed by atoms with Gasteiger partial charge in [-0.05, 0) is 17.7 Å². The van der Waals surface area contributed by atoms with Crippen molar-refractivity contribution in [3.8, 4) is 5.75 Å². The molecular formula is C18H21N5O3. The number of carbonyl (C=O) groups excluding carboxylic acids is 1. The largest absolute Gasteiger partial charge is 0.494 e. The molecule has 4 rings (SSSR count). The molecule has 0 N–H and O–H groups in total. The van der Waals surface area contributed by atoms with Gasteiger partial charge in [0.25, 0.3) is 5.91 Å². The van der Waals surface area contributed by atoms with Crippen molar-refractivity contribution in [1.82, 2.24) is 24.8 Å². The second-order valence-corrected chi connectivity index (χ2v) is 6.46. The Bertz CT molecular complexity index is 755. The van der Waals surface area contributed by atoms with Gasteiger partial charge in [-0.2, -0.15) is 0 Å². The summed E-state index contributed by atoms with van der Waals surface area (Å²) < 4.78 is 11.0. The van der Waals surface area contributed by atoms with Gasteiger partial charge in [-0.3, -0.25) is 14.7 Å². The molecule has 2 aliphatic heterocycles. The van der Waals surface area contributed by atoms with Gasteiger partial charge in [-0.25, -0.2) is 9.97 Å². The molecule has 2 aromatic heterocycles. The van der Waals surface area contributed by atoms with E-state index in [1.54, 1.807) is 24.4 Å². The van der Waals surface area contributed by atoms with E-state index in [0.717, 1.165) is 13.1 Å². The normalized spacial score (nSPS) is 22.9. The van der Waals surface area contributed by atoms with Crippen LogP contribution in [-0.4, -0.2) is 76.2 Å². The number of pyridine rings is 1. The first kappa shape index (κ1) is 16.9. The highest BCUT2D eigenvalue weighted by molar-refractivity contribution is 5.90. The molecule has 0 radical (unpaired) electrons. The Balaban J connectivity index is 1.45. The lowest BCUT2D eigenvalue weighted by Crippen LogP contribution is -2.50. The number of ether oxygens (including phenoxy) is 2. The molecule has 1 amide bonds. The molecular weight excluding hydrogens is 334 g/mol. The molecule has 0 spiro atoms. The summed E-state index contributed by atoms with van der Waals surface area (Å²) >= 11 is 0. The van der Waals surface area contributed by atoms with E-state index < -0.39 is 0 Å². The first-order chi connectivity index (χ1) is 12.7. The summed E-state index contributed by atoms with van der Waals surface area (Å²) in [6, 6.07) is 4.22. The van der Waals surface area contributed by atoms with E-state index in [4.69, 9.17) is 9.47 Å². The van der Waals surface area contributed by atoms with Gasteiger partial charge in [-0.1, -0.05) is 0 Å². The number of amides is 1. The molecule has 2 aliphatic rings. The molecule has 4 heterocycles. The van der Waals surface area contributed by atoms with Gasteiger partial charge in [0, 0.05) is 38.6 Å². The fraction of sp³-hybridized carbons (Fsp3) is 0.444. The van der Waals surface area contributed by atoms with Gasteiger partial charge < -0.3 is 14.4 Å². The molecule has 136 valence electrons. The number of likely N-dealkylation sites (tertiary alicyclic amines) is 1. The molecule has 2 saturated heterocycles. The molecule has 8 nitrogen and oxygen atoms in total. The fourth-order valence-electron chi connectivity index (χ4n) is 3.52. The van der Waals surface area contributed by atoms with Crippen molar-refractivity contribution < 1.29 is 14.3 Å². The lowest BCUT2D eigenvalue weighted by atomic mass is 10.1. The molecule has 2 atom stereocenters. The zero-order valence-corrected chi connectivity index (χ0v) is 14.6. The predicted octanol–water partition coefficient (Wildman–Crippen LogP) is 0.606. The Kier molecular flexibility index (Phi) is 4.77. The third kappa shape index (κ3) is 3.38. The first-order valence-electron chi connectivity index (χ1n) is 8.64. The maximum atomic E-state index is 12.7. The van der Waals surface area contributed by atoms with E-state index in [1.165, 1.54) is 18.0 Å². The standard InChI is InChI=1S/C18H21N5O3/c1-25-14-8-20-17(21-9-14)18(24)23-11-15-16(12-23)26-7-6-22(15)10-13-2-4-19-5-3-13/h2-5,8-9,15-16H,6-7,10-12H2,1H3. The highest BCUT2D eigenvalue weighted by Gasteiger charge is 2.42. The van der Waals surface area contributed by atoms with Crippen LogP contribution in [0.25, 0.3) is 0 Å². The van der Waals surface area contributed by atoms with Crippen molar-refractivity contribution in [2.45, 2.75) is 18.7 Å². The van der Waals surface area contributed by atoms with Crippen LogP contribution < -0.4 is 4.74 Å². The zero-order chi connectivity index (χ0) is 17.9. The van der Waals surface area contributed by atoms with E-state index >= 15 is 0 Å². The number of morpholine rings is 1. The van der Waals surface area contributed by atoms with Crippen molar-refractivity contribution in [3.63, 3.8) is 0 Å². The minimum absolute atomic E-state index is 0.0211. The Labute approximate surface area is 151 Å². The third-order valence-electron chi connectivity index (χ3n) is 4.89. The third-order valence-corrected chi connectivity index (χ3v) is 4.89. The number of rotatable bonds is 4. The Hall–Kier alpha value is -2.58. The molecule has 2 unspecified atom stereocenters. The summed E-state index contributed by atoms with van der Waals surface area (Å²) in [5.74, 6) is 0.545. The van der Waals surface area contributed by atoms with Gasteiger partial charge in [-0.15, -0.1) is 0 Å². The summed E-state index contributed by atoms with van der Waals surface area (Å²) in [5, 5.41) is 0. The number of carbonyl (C=O) groups is 1. The van der Waals surface area contributed by atoms with Crippen LogP contribution >= 0.6 is 0 Å². The van der Waals surface area contributed by atoms with Crippen LogP contribution in [0.4, 0.5) is 0 Å². The smallest absolute Gasteiger partial charge is 0.291 e. The zero-order valence-electron chi connectivity index (χ0n) is 14.6. The quantitative estimate of drug-likeness (QED) is 0.795. The Morgan fingerprint density at radius 2 is 2.04 bits per heavy atom. The summed E-state index contributed by atoms with van der Waals surface area (Å²) in [7, 11) is 1.54. The van der Waals surface area contributed by atoms with E-state index in [0.29, 0.717) is 25.4 Å². The highest BCUT2D eigenvalue weighted by Crippen LogP contribution is 2.25. The van der Waals surface area contributed by atoms with Crippen LogP contribution in [0, 0.1) is 0 Å². The van der Waals surface area contributed by atoms with Gasteiger partial charge in [0.05, 0.1) is 38.3 Å². The average Bonchev–Trinajstić information content (AvgIpc) is 3.14. The van der Waals surface area contributed by atoms with Gasteiger partial charge in [0.2, 0.25) is 5.82 Å². The van der Waals surface area contributed by atoms with Gasteiger partial charge in [0.15, 0.2) is 5.75 Å². The van der Waals surface area contributed by atoms with Crippen LogP contribution in [0.3, 0.4) is 0 Å². The SMILES string of the molecule is COc1cnc(C(=O)N2CC3OCCN(Cc4ccncc4)C3C2)nc1. The van der Waals surface area contributed by atoms with E-state index in [2.05, 4.69) is 19.9 Å². The fourth-order valence-corrected chi connectivity index (χ4v) is 3.52. The van der Waals surface area contributed by atoms with Gasteiger partial charge >= 0.3 is 0 Å². The molecule has 0 aromatic carbocycles. The van der Waals surface area contributed by atoms with Crippen LogP contribution in [0.5, 0.6) is 5.75 Å². The van der Waals surface area contributed by atoms with Crippen LogP contribution in [0.2, 0.25) is 0 Å². The second kappa shape index (κ2) is 7.35. The number of fused-ring (bicyclic) bond motifs is 1. The number of aromatic nitrogens is 3.